The summed E-state index contributed by atoms with van der Waals surface area (Å²) in [6.45, 7) is 9.35. The predicted molar refractivity (Wildman–Crippen MR) is 131 cm³/mol. The molecule has 35 heavy (non-hydrogen) atoms. The highest BCUT2D eigenvalue weighted by atomic mass is 16.5. The monoisotopic (exact) mass is 494 g/mol. The number of hydrogen-bond donors (Lipinski definition) is 5. The number of aliphatic hydroxyl groups excluding tert-OH is 2. The molecule has 0 aliphatic heterocycles. The van der Waals surface area contributed by atoms with Crippen molar-refractivity contribution < 1.29 is 35.1 Å². The predicted octanol–water partition coefficient (Wildman–Crippen LogP) is 2.51. The summed E-state index contributed by atoms with van der Waals surface area (Å²) in [6, 6.07) is 0. The van der Waals surface area contributed by atoms with Crippen LogP contribution >= 0.6 is 0 Å². The number of hydrogen-bond acceptors (Lipinski definition) is 7. The largest absolute Gasteiger partial charge is 0.390 e. The summed E-state index contributed by atoms with van der Waals surface area (Å²) in [5.41, 5.74) is -3.75. The Bertz CT molecular complexity index is 875. The molecule has 4 rings (SSSR count). The summed E-state index contributed by atoms with van der Waals surface area (Å²) in [5.74, 6) is -0.740. The van der Waals surface area contributed by atoms with Gasteiger partial charge in [-0.25, -0.2) is 0 Å². The normalized spacial score (nSPS) is 46.2. The van der Waals surface area contributed by atoms with Crippen LogP contribution in [0.15, 0.2) is 11.6 Å². The molecule has 0 aromatic heterocycles. The molecule has 0 amide bonds. The van der Waals surface area contributed by atoms with E-state index in [-0.39, 0.29) is 30.0 Å². The molecule has 3 saturated carbocycles. The third-order valence-corrected chi connectivity index (χ3v) is 10.8. The van der Waals surface area contributed by atoms with Crippen LogP contribution in [0.3, 0.4) is 0 Å². The van der Waals surface area contributed by atoms with Crippen LogP contribution in [0.4, 0.5) is 0 Å². The third kappa shape index (κ3) is 4.05. The first-order chi connectivity index (χ1) is 16.0. The lowest BCUT2D eigenvalue weighted by Crippen LogP contribution is -2.63. The highest BCUT2D eigenvalue weighted by molar-refractivity contribution is 5.95. The van der Waals surface area contributed by atoms with E-state index in [4.69, 9.17) is 4.74 Å². The Morgan fingerprint density at radius 3 is 2.34 bits per heavy atom. The number of carbonyl (C=O) groups is 1. The molecule has 0 aromatic rings. The second kappa shape index (κ2) is 8.60. The molecular formula is C28H46O7. The standard InChI is InChI=1S/C28H46O7/c1-24(2,32)10-9-23(35-6)27(5,33)22-8-12-28(34)17-13-19(29)18-14-20(30)21(31)15-25(18,3)16(17)7-11-26(22,28)4/h13,16,18,20-23,30-34H,7-12,14-15H2,1-6H3/t16?,18?,20-,21+,22?,23-,25?,26?,27-,28-/m1/s1. The maximum absolute atomic E-state index is 13.3. The minimum atomic E-state index is -1.23. The van der Waals surface area contributed by atoms with Crippen molar-refractivity contribution in [3.8, 4) is 0 Å². The zero-order valence-electron chi connectivity index (χ0n) is 22.3. The van der Waals surface area contributed by atoms with Gasteiger partial charge in [0.1, 0.15) is 0 Å². The molecule has 0 heterocycles. The van der Waals surface area contributed by atoms with Crippen LogP contribution in [0.5, 0.6) is 0 Å². The molecule has 4 aliphatic rings. The molecule has 0 radical (unpaired) electrons. The van der Waals surface area contributed by atoms with Gasteiger partial charge in [-0.1, -0.05) is 13.8 Å². The van der Waals surface area contributed by atoms with Crippen LogP contribution < -0.4 is 0 Å². The van der Waals surface area contributed by atoms with Gasteiger partial charge in [0.25, 0.3) is 0 Å². The molecule has 0 aromatic carbocycles. The average Bonchev–Trinajstić information content (AvgIpc) is 3.02. The Hall–Kier alpha value is -0.830. The van der Waals surface area contributed by atoms with Crippen molar-refractivity contribution in [2.24, 2.45) is 28.6 Å². The molecule has 0 spiro atoms. The maximum atomic E-state index is 13.3. The first-order valence-corrected chi connectivity index (χ1v) is 13.3. The summed E-state index contributed by atoms with van der Waals surface area (Å²) >= 11 is 0. The number of ketones is 1. The SMILES string of the molecule is CO[C@H](CCC(C)(C)O)[C@](C)(O)C1CC[C@@]2(O)C3=CC(=O)C4C[C@@H](O)[C@@H](O)CC4(C)C3CCC12C. The highest BCUT2D eigenvalue weighted by Crippen LogP contribution is 2.68. The van der Waals surface area contributed by atoms with Crippen molar-refractivity contribution in [1.29, 1.82) is 0 Å². The van der Waals surface area contributed by atoms with Crippen LogP contribution in [-0.4, -0.2) is 73.5 Å². The van der Waals surface area contributed by atoms with Crippen molar-refractivity contribution >= 4 is 5.78 Å². The molecule has 5 unspecified atom stereocenters. The summed E-state index contributed by atoms with van der Waals surface area (Å²) in [5, 5.41) is 55.2. The minimum absolute atomic E-state index is 0.0532. The van der Waals surface area contributed by atoms with E-state index in [1.54, 1.807) is 34.0 Å². The van der Waals surface area contributed by atoms with Crippen LogP contribution in [0.1, 0.15) is 86.0 Å². The van der Waals surface area contributed by atoms with Gasteiger partial charge in [0.05, 0.1) is 35.1 Å². The van der Waals surface area contributed by atoms with Gasteiger partial charge in [-0.05, 0) is 101 Å². The van der Waals surface area contributed by atoms with E-state index >= 15 is 0 Å². The van der Waals surface area contributed by atoms with E-state index in [1.165, 1.54) is 0 Å². The lowest BCUT2D eigenvalue weighted by Gasteiger charge is -2.60. The van der Waals surface area contributed by atoms with Gasteiger partial charge in [-0.2, -0.15) is 0 Å². The average molecular weight is 495 g/mol. The lowest BCUT2D eigenvalue weighted by molar-refractivity contribution is -0.181. The number of carbonyl (C=O) groups excluding carboxylic acids is 1. The third-order valence-electron chi connectivity index (χ3n) is 10.8. The summed E-state index contributed by atoms with van der Waals surface area (Å²) in [4.78, 5) is 13.3. The van der Waals surface area contributed by atoms with Crippen molar-refractivity contribution in [2.75, 3.05) is 7.11 Å². The number of rotatable bonds is 6. The number of fused-ring (bicyclic) bond motifs is 5. The number of allylic oxidation sites excluding steroid dienone is 1. The van der Waals surface area contributed by atoms with Crippen LogP contribution in [0, 0.1) is 28.6 Å². The molecule has 10 atom stereocenters. The fraction of sp³-hybridized carbons (Fsp3) is 0.893. The highest BCUT2D eigenvalue weighted by Gasteiger charge is 2.69. The van der Waals surface area contributed by atoms with E-state index in [0.717, 1.165) is 12.0 Å². The van der Waals surface area contributed by atoms with E-state index in [1.807, 2.05) is 13.8 Å². The minimum Gasteiger partial charge on any atom is -0.390 e. The van der Waals surface area contributed by atoms with E-state index in [2.05, 4.69) is 0 Å². The topological polar surface area (TPSA) is 127 Å². The first-order valence-electron chi connectivity index (χ1n) is 13.3. The van der Waals surface area contributed by atoms with Crippen molar-refractivity contribution in [2.45, 2.75) is 121 Å². The van der Waals surface area contributed by atoms with Gasteiger partial charge in [0.2, 0.25) is 0 Å². The molecule has 0 saturated heterocycles. The Morgan fingerprint density at radius 2 is 1.74 bits per heavy atom. The first kappa shape index (κ1) is 27.2. The van der Waals surface area contributed by atoms with Crippen molar-refractivity contribution in [3.63, 3.8) is 0 Å². The fourth-order valence-corrected chi connectivity index (χ4v) is 8.66. The van der Waals surface area contributed by atoms with Crippen molar-refractivity contribution in [1.82, 2.24) is 0 Å². The van der Waals surface area contributed by atoms with E-state index in [0.29, 0.717) is 38.5 Å². The Labute approximate surface area is 209 Å². The molecule has 0 bridgehead atoms. The maximum Gasteiger partial charge on any atom is 0.159 e. The van der Waals surface area contributed by atoms with Crippen molar-refractivity contribution in [3.05, 3.63) is 11.6 Å². The van der Waals surface area contributed by atoms with Crippen LogP contribution in [-0.2, 0) is 9.53 Å². The second-order valence-electron chi connectivity index (χ2n) is 13.4. The van der Waals surface area contributed by atoms with Gasteiger partial charge >= 0.3 is 0 Å². The zero-order chi connectivity index (χ0) is 26.2. The van der Waals surface area contributed by atoms with E-state index in [9.17, 15) is 30.3 Å². The fourth-order valence-electron chi connectivity index (χ4n) is 8.66. The number of aliphatic hydroxyl groups is 5. The van der Waals surface area contributed by atoms with Gasteiger partial charge in [0, 0.05) is 18.4 Å². The summed E-state index contributed by atoms with van der Waals surface area (Å²) in [6.07, 6.45) is 3.40. The number of ether oxygens (including phenoxy) is 1. The molecule has 7 heteroatoms. The van der Waals surface area contributed by atoms with Crippen LogP contribution in [0.2, 0.25) is 0 Å². The van der Waals surface area contributed by atoms with Gasteiger partial charge < -0.3 is 30.3 Å². The Morgan fingerprint density at radius 1 is 1.09 bits per heavy atom. The quantitative estimate of drug-likeness (QED) is 0.384. The molecule has 7 nitrogen and oxygen atoms in total. The second-order valence-corrected chi connectivity index (χ2v) is 13.4. The van der Waals surface area contributed by atoms with Gasteiger partial charge in [-0.3, -0.25) is 4.79 Å². The molecule has 200 valence electrons. The molecule has 4 aliphatic carbocycles. The van der Waals surface area contributed by atoms with Gasteiger partial charge in [0.15, 0.2) is 5.78 Å². The smallest absolute Gasteiger partial charge is 0.159 e. The summed E-state index contributed by atoms with van der Waals surface area (Å²) in [7, 11) is 1.58. The Balaban J connectivity index is 1.68. The van der Waals surface area contributed by atoms with Crippen LogP contribution in [0.25, 0.3) is 0 Å². The van der Waals surface area contributed by atoms with E-state index < -0.39 is 45.9 Å². The molecule has 5 N–H and O–H groups in total. The number of methoxy groups -OCH3 is 1. The summed E-state index contributed by atoms with van der Waals surface area (Å²) < 4.78 is 5.75. The molecule has 3 fully saturated rings. The zero-order valence-corrected chi connectivity index (χ0v) is 22.3. The lowest BCUT2D eigenvalue weighted by atomic mass is 9.45. The Kier molecular flexibility index (Phi) is 6.69. The molecular weight excluding hydrogens is 448 g/mol. The van der Waals surface area contributed by atoms with Gasteiger partial charge in [-0.15, -0.1) is 0 Å².